The molecule has 16 aromatic heterocycles. The summed E-state index contributed by atoms with van der Waals surface area (Å²) in [5, 5.41) is 5.58. The summed E-state index contributed by atoms with van der Waals surface area (Å²) in [5.74, 6) is 0. The highest BCUT2D eigenvalue weighted by molar-refractivity contribution is 6.33. The third-order valence-electron chi connectivity index (χ3n) is 23.2. The normalized spacial score (nSPS) is 11.9. The zero-order valence-corrected chi connectivity index (χ0v) is 65.5. The van der Waals surface area contributed by atoms with Crippen molar-refractivity contribution < 1.29 is 0 Å². The number of anilines is 12. The molecular weight excluding hydrogens is 1430 g/mol. The lowest BCUT2D eigenvalue weighted by Gasteiger charge is -2.36. The van der Waals surface area contributed by atoms with Crippen molar-refractivity contribution in [1.82, 2.24) is 79.7 Å². The Hall–Kier alpha value is -14.4. The number of hydrogen-bond donors (Lipinski definition) is 0. The van der Waals surface area contributed by atoms with Gasteiger partial charge in [-0.3, -0.25) is 79.7 Å². The van der Waals surface area contributed by atoms with E-state index >= 15 is 0 Å². The number of aryl methyl sites for hydroxylation is 8. The predicted molar refractivity (Wildman–Crippen MR) is 469 cm³/mol. The van der Waals surface area contributed by atoms with Crippen molar-refractivity contribution in [2.24, 2.45) is 0 Å². The molecule has 0 atom stereocenters. The first-order chi connectivity index (χ1) is 57.3. The fraction of sp³-hybridized carbons (Fsp3) is 0.167. The van der Waals surface area contributed by atoms with Crippen molar-refractivity contribution >= 4 is 189 Å². The monoisotopic (exact) mass is 1510 g/mol. The van der Waals surface area contributed by atoms with Crippen LogP contribution < -0.4 is 19.6 Å². The quantitative estimate of drug-likeness (QED) is 0.0648. The largest absolute Gasteiger partial charge is 0.306 e. The molecule has 0 aliphatic rings. The smallest absolute Gasteiger partial charge is 0.0939 e. The Morgan fingerprint density at radius 1 is 0.181 bits per heavy atom. The Balaban J connectivity index is 1.05. The average Bonchev–Trinajstić information content (AvgIpc) is 0.692. The summed E-state index contributed by atoms with van der Waals surface area (Å²) in [6, 6.07) is 46.1. The van der Waals surface area contributed by atoms with Crippen LogP contribution in [0.4, 0.5) is 68.2 Å². The Morgan fingerprint density at radius 3 is 0.466 bits per heavy atom. The lowest BCUT2D eigenvalue weighted by Crippen LogP contribution is -2.20. The molecule has 4 aromatic carbocycles. The zero-order valence-electron chi connectivity index (χ0n) is 65.5. The van der Waals surface area contributed by atoms with E-state index in [4.69, 9.17) is 79.7 Å². The second-order valence-corrected chi connectivity index (χ2v) is 29.0. The van der Waals surface area contributed by atoms with Crippen molar-refractivity contribution in [1.29, 1.82) is 0 Å². The number of aromatic nitrogens is 16. The summed E-state index contributed by atoms with van der Waals surface area (Å²) in [6.45, 7) is 17.6. The van der Waals surface area contributed by atoms with E-state index < -0.39 is 0 Å². The van der Waals surface area contributed by atoms with E-state index in [1.165, 1.54) is 0 Å². The molecule has 0 saturated carbocycles. The Kier molecular flexibility index (Phi) is 17.7. The van der Waals surface area contributed by atoms with E-state index in [1.54, 1.807) is 0 Å². The summed E-state index contributed by atoms with van der Waals surface area (Å²) >= 11 is 0. The maximum Gasteiger partial charge on any atom is 0.0939 e. The molecule has 0 radical (unpaired) electrons. The van der Waals surface area contributed by atoms with Crippen LogP contribution in [0.5, 0.6) is 0 Å². The highest BCUT2D eigenvalue weighted by atomic mass is 15.2. The number of benzene rings is 4. The van der Waals surface area contributed by atoms with Gasteiger partial charge in [-0.25, -0.2) is 0 Å². The van der Waals surface area contributed by atoms with Crippen molar-refractivity contribution in [3.05, 3.63) is 277 Å². The number of rotatable bonds is 20. The standard InChI is InChI=1S/C96H78N20/c1-9-55-79(47-105-67-25-17-37-97-89(55)67)113(80-48-106-68-26-18-38-98-90(68)56(80)10-2)75-45-76(114(81-49-107-69-27-19-39-99-91(69)57(81)11-3)82-50-108-70-28-20-40-100-92(70)58(82)12-4)64-35-36-66-78(116(85-53-111-73-31-23-43-103-95(73)61(85)15-7)86-54-112-74-32-24-44-104-96(74)62(86)16-8)46-77(65-34-33-63(75)87(64)88(65)66)115(83-51-109-71-29-21-41-101-93(71)59(83)13-5)84-52-110-72-30-22-42-102-94(72)60(84)14-6/h17-54H,9-16H2,1-8H3. The summed E-state index contributed by atoms with van der Waals surface area (Å²) in [7, 11) is 0. The molecule has 0 aliphatic heterocycles. The molecule has 20 nitrogen and oxygen atoms in total. The first-order valence-electron chi connectivity index (χ1n) is 40.1. The van der Waals surface area contributed by atoms with Crippen LogP contribution in [-0.2, 0) is 51.4 Å². The third kappa shape index (κ3) is 11.1. The molecule has 0 aliphatic carbocycles. The minimum absolute atomic E-state index is 0.604. The van der Waals surface area contributed by atoms with Gasteiger partial charge in [-0.1, -0.05) is 79.7 Å². The second-order valence-electron chi connectivity index (χ2n) is 29.0. The molecule has 0 amide bonds. The van der Waals surface area contributed by atoms with Crippen molar-refractivity contribution in [3.8, 4) is 0 Å². The van der Waals surface area contributed by atoms with Crippen LogP contribution in [0, 0.1) is 0 Å². The SMILES string of the molecule is CCc1c(N(c2cnc3cccnc3c2CC)c2cc(N(c3cnc4cccnc4c3CC)c3cnc4cccnc4c3CC)c3ccc4c(N(c5cnc6cccnc6c5CC)c5cnc6cccnc6c5CC)cc(N(c5cnc6cccnc6c5CC)c5cnc6cccnc6c5CC)c5ccc2c3c54)cnc2cccnc12. The van der Waals surface area contributed by atoms with Gasteiger partial charge in [-0.05, 0) is 161 Å². The summed E-state index contributed by atoms with van der Waals surface area (Å²) in [4.78, 5) is 94.2. The Morgan fingerprint density at radius 2 is 0.328 bits per heavy atom. The van der Waals surface area contributed by atoms with E-state index in [0.717, 1.165) is 233 Å². The van der Waals surface area contributed by atoms with Gasteiger partial charge in [0.15, 0.2) is 0 Å². The third-order valence-corrected chi connectivity index (χ3v) is 23.2. The first kappa shape index (κ1) is 70.7. The first-order valence-corrected chi connectivity index (χ1v) is 40.1. The maximum atomic E-state index is 5.38. The van der Waals surface area contributed by atoms with Gasteiger partial charge in [0, 0.05) is 126 Å². The number of nitrogens with zero attached hydrogens (tertiary/aromatic N) is 20. The molecule has 0 bridgehead atoms. The molecule has 0 spiro atoms. The summed E-state index contributed by atoms with van der Waals surface area (Å²) in [5.41, 5.74) is 30.6. The summed E-state index contributed by atoms with van der Waals surface area (Å²) < 4.78 is 0. The lowest BCUT2D eigenvalue weighted by atomic mass is 9.88. The van der Waals surface area contributed by atoms with Gasteiger partial charge in [-0.2, -0.15) is 0 Å². The van der Waals surface area contributed by atoms with Crippen LogP contribution in [0.3, 0.4) is 0 Å². The molecular formula is C96H78N20. The molecule has 20 aromatic rings. The molecule has 16 heterocycles. The Labute approximate surface area is 668 Å². The van der Waals surface area contributed by atoms with Crippen LogP contribution in [-0.4, -0.2) is 79.7 Å². The van der Waals surface area contributed by atoms with Crippen molar-refractivity contribution in [2.45, 2.75) is 107 Å². The van der Waals surface area contributed by atoms with Crippen molar-refractivity contribution in [3.63, 3.8) is 0 Å². The predicted octanol–water partition coefficient (Wildman–Crippen LogP) is 22.5. The molecule has 20 rings (SSSR count). The number of pyridine rings is 16. The molecule has 562 valence electrons. The second kappa shape index (κ2) is 29.0. The van der Waals surface area contributed by atoms with Gasteiger partial charge in [-0.15, -0.1) is 0 Å². The van der Waals surface area contributed by atoms with Crippen LogP contribution in [0.15, 0.2) is 233 Å². The minimum atomic E-state index is 0.604. The average molecular weight is 1510 g/mol. The van der Waals surface area contributed by atoms with E-state index in [0.29, 0.717) is 51.4 Å². The molecule has 0 unspecified atom stereocenters. The summed E-state index contributed by atoms with van der Waals surface area (Å²) in [6.07, 6.45) is 36.0. The fourth-order valence-electron chi connectivity index (χ4n) is 18.1. The van der Waals surface area contributed by atoms with E-state index in [9.17, 15) is 0 Å². The van der Waals surface area contributed by atoms with Crippen LogP contribution in [0.2, 0.25) is 0 Å². The van der Waals surface area contributed by atoms with Crippen LogP contribution in [0.1, 0.15) is 99.9 Å². The van der Waals surface area contributed by atoms with Crippen LogP contribution in [0.25, 0.3) is 121 Å². The molecule has 116 heavy (non-hydrogen) atoms. The maximum absolute atomic E-state index is 5.38. The number of fused-ring (bicyclic) bond motifs is 8. The minimum Gasteiger partial charge on any atom is -0.306 e. The highest BCUT2D eigenvalue weighted by Crippen LogP contribution is 2.58. The van der Waals surface area contributed by atoms with Crippen molar-refractivity contribution in [2.75, 3.05) is 19.6 Å². The molecule has 0 fully saturated rings. The highest BCUT2D eigenvalue weighted by Gasteiger charge is 2.36. The van der Waals surface area contributed by atoms with E-state index in [-0.39, 0.29) is 0 Å². The molecule has 0 N–H and O–H groups in total. The molecule has 20 heteroatoms. The van der Waals surface area contributed by atoms with E-state index in [2.05, 4.69) is 111 Å². The van der Waals surface area contributed by atoms with Gasteiger partial charge < -0.3 is 19.6 Å². The Bertz CT molecular complexity index is 6150. The number of hydrogen-bond acceptors (Lipinski definition) is 20. The fourth-order valence-corrected chi connectivity index (χ4v) is 18.1. The van der Waals surface area contributed by atoms with Gasteiger partial charge in [0.05, 0.1) is 206 Å². The molecule has 0 saturated heterocycles. The van der Waals surface area contributed by atoms with Gasteiger partial charge >= 0.3 is 0 Å². The lowest BCUT2D eigenvalue weighted by molar-refractivity contribution is 1.07. The van der Waals surface area contributed by atoms with Gasteiger partial charge in [0.2, 0.25) is 0 Å². The van der Waals surface area contributed by atoms with E-state index in [1.807, 2.05) is 196 Å². The zero-order chi connectivity index (χ0) is 78.4. The van der Waals surface area contributed by atoms with Gasteiger partial charge in [0.1, 0.15) is 0 Å². The van der Waals surface area contributed by atoms with Crippen LogP contribution >= 0.6 is 0 Å². The topological polar surface area (TPSA) is 219 Å². The van der Waals surface area contributed by atoms with Gasteiger partial charge in [0.25, 0.3) is 0 Å².